The monoisotopic (exact) mass is 451 g/mol. The van der Waals surface area contributed by atoms with E-state index in [1.54, 1.807) is 30.4 Å². The Kier molecular flexibility index (Phi) is 7.45. The number of allylic oxidation sites excluding steroid dienone is 1. The summed E-state index contributed by atoms with van der Waals surface area (Å²) in [5.74, 6) is 0.520. The quantitative estimate of drug-likeness (QED) is 0.190. The van der Waals surface area contributed by atoms with Crippen molar-refractivity contribution in [1.29, 1.82) is 0 Å². The summed E-state index contributed by atoms with van der Waals surface area (Å²) in [5.41, 5.74) is 2.21. The highest BCUT2D eigenvalue weighted by Crippen LogP contribution is 2.35. The van der Waals surface area contributed by atoms with Crippen LogP contribution in [-0.2, 0) is 17.8 Å². The Hall–Kier alpha value is -4.14. The molecule has 9 heteroatoms. The molecule has 2 aromatic carbocycles. The van der Waals surface area contributed by atoms with E-state index in [0.29, 0.717) is 42.0 Å². The predicted octanol–water partition coefficient (Wildman–Crippen LogP) is 4.21. The fourth-order valence-electron chi connectivity index (χ4n) is 3.47. The summed E-state index contributed by atoms with van der Waals surface area (Å²) in [5, 5.41) is 13.6. The number of ether oxygens (including phenoxy) is 2. The van der Waals surface area contributed by atoms with Crippen LogP contribution in [-0.4, -0.2) is 35.4 Å². The largest absolute Gasteiger partial charge is 0.493 e. The second-order valence-electron chi connectivity index (χ2n) is 7.36. The maximum absolute atomic E-state index is 12.5. The Morgan fingerprint density at radius 3 is 2.70 bits per heavy atom. The van der Waals surface area contributed by atoms with Gasteiger partial charge in [-0.2, -0.15) is 0 Å². The van der Waals surface area contributed by atoms with Crippen molar-refractivity contribution >= 4 is 23.7 Å². The molecule has 2 aromatic rings. The Bertz CT molecular complexity index is 1130. The van der Waals surface area contributed by atoms with Crippen LogP contribution < -0.4 is 14.8 Å². The van der Waals surface area contributed by atoms with Crippen molar-refractivity contribution in [2.24, 2.45) is 0 Å². The zero-order valence-corrected chi connectivity index (χ0v) is 18.5. The van der Waals surface area contributed by atoms with Gasteiger partial charge in [0.05, 0.1) is 12.0 Å². The molecular formula is C24H25N3O6. The number of imide groups is 1. The van der Waals surface area contributed by atoms with Gasteiger partial charge in [0.15, 0.2) is 11.5 Å². The molecule has 1 fully saturated rings. The zero-order valence-electron chi connectivity index (χ0n) is 18.5. The SMILES string of the molecule is C=CCc1cc(/C=C2/NC(=O)N(CCC)C2=O)cc(OC)c1OCc1cccc([N+](=O)[O-])c1. The molecule has 0 aromatic heterocycles. The second kappa shape index (κ2) is 10.4. The van der Waals surface area contributed by atoms with Crippen LogP contribution in [0.15, 0.2) is 54.8 Å². The summed E-state index contributed by atoms with van der Waals surface area (Å²) < 4.78 is 11.5. The summed E-state index contributed by atoms with van der Waals surface area (Å²) in [6, 6.07) is 9.29. The number of carbonyl (C=O) groups is 2. The molecule has 3 amide bonds. The standard InChI is InChI=1S/C24H25N3O6/c1-4-7-18-11-17(13-20-23(28)26(10-5-2)24(29)25-20)14-21(32-3)22(18)33-15-16-8-6-9-19(12-16)27(30)31/h4,6,8-9,11-14H,1,5,7,10,15H2,2-3H3,(H,25,29)/b20-13+. The molecule has 9 nitrogen and oxygen atoms in total. The second-order valence-corrected chi connectivity index (χ2v) is 7.36. The first-order chi connectivity index (χ1) is 15.9. The van der Waals surface area contributed by atoms with Gasteiger partial charge in [-0.25, -0.2) is 4.79 Å². The number of methoxy groups -OCH3 is 1. The lowest BCUT2D eigenvalue weighted by Gasteiger charge is -2.16. The topological polar surface area (TPSA) is 111 Å². The summed E-state index contributed by atoms with van der Waals surface area (Å²) in [6.45, 7) is 6.12. The van der Waals surface area contributed by atoms with Crippen molar-refractivity contribution in [3.8, 4) is 11.5 Å². The van der Waals surface area contributed by atoms with Gasteiger partial charge in [-0.3, -0.25) is 19.8 Å². The van der Waals surface area contributed by atoms with Gasteiger partial charge in [-0.15, -0.1) is 6.58 Å². The molecule has 1 N–H and O–H groups in total. The normalized spacial score (nSPS) is 14.4. The summed E-state index contributed by atoms with van der Waals surface area (Å²) in [7, 11) is 1.50. The van der Waals surface area contributed by atoms with Crippen molar-refractivity contribution in [2.45, 2.75) is 26.4 Å². The van der Waals surface area contributed by atoms with Crippen molar-refractivity contribution in [3.05, 3.63) is 81.6 Å². The number of nitrogens with zero attached hydrogens (tertiary/aromatic N) is 2. The Balaban J connectivity index is 1.91. The van der Waals surface area contributed by atoms with Crippen molar-refractivity contribution in [3.63, 3.8) is 0 Å². The van der Waals surface area contributed by atoms with Crippen LogP contribution >= 0.6 is 0 Å². The van der Waals surface area contributed by atoms with Gasteiger partial charge in [-0.1, -0.05) is 25.1 Å². The third-order valence-electron chi connectivity index (χ3n) is 4.96. The number of benzene rings is 2. The van der Waals surface area contributed by atoms with Gasteiger partial charge in [0.25, 0.3) is 11.6 Å². The molecule has 33 heavy (non-hydrogen) atoms. The highest BCUT2D eigenvalue weighted by molar-refractivity contribution is 6.14. The van der Waals surface area contributed by atoms with Crippen LogP contribution in [0.25, 0.3) is 6.08 Å². The van der Waals surface area contributed by atoms with Gasteiger partial charge >= 0.3 is 6.03 Å². The number of nitro benzene ring substituents is 1. The fourth-order valence-corrected chi connectivity index (χ4v) is 3.47. The minimum absolute atomic E-state index is 0.0169. The summed E-state index contributed by atoms with van der Waals surface area (Å²) in [4.78, 5) is 36.3. The van der Waals surface area contributed by atoms with Crippen LogP contribution in [0.3, 0.4) is 0 Å². The van der Waals surface area contributed by atoms with Crippen LogP contribution in [0.5, 0.6) is 11.5 Å². The molecule has 0 spiro atoms. The lowest BCUT2D eigenvalue weighted by Crippen LogP contribution is -2.31. The fraction of sp³-hybridized carbons (Fsp3) is 0.250. The van der Waals surface area contributed by atoms with Gasteiger partial charge < -0.3 is 14.8 Å². The summed E-state index contributed by atoms with van der Waals surface area (Å²) in [6.07, 6.45) is 4.42. The van der Waals surface area contributed by atoms with Crippen molar-refractivity contribution in [1.82, 2.24) is 10.2 Å². The number of hydrogen-bond donors (Lipinski definition) is 1. The maximum Gasteiger partial charge on any atom is 0.329 e. The van der Waals surface area contributed by atoms with E-state index in [-0.39, 0.29) is 23.9 Å². The van der Waals surface area contributed by atoms with Crippen LogP contribution in [0.4, 0.5) is 10.5 Å². The molecule has 1 heterocycles. The smallest absolute Gasteiger partial charge is 0.329 e. The number of urea groups is 1. The molecule has 0 saturated carbocycles. The van der Waals surface area contributed by atoms with Crippen molar-refractivity contribution in [2.75, 3.05) is 13.7 Å². The Morgan fingerprint density at radius 1 is 1.24 bits per heavy atom. The van der Waals surface area contributed by atoms with E-state index in [4.69, 9.17) is 9.47 Å². The van der Waals surface area contributed by atoms with Gasteiger partial charge in [0.2, 0.25) is 0 Å². The number of amides is 3. The molecule has 0 atom stereocenters. The minimum atomic E-state index is -0.458. The lowest BCUT2D eigenvalue weighted by molar-refractivity contribution is -0.384. The average Bonchev–Trinajstić information content (AvgIpc) is 3.06. The van der Waals surface area contributed by atoms with E-state index >= 15 is 0 Å². The summed E-state index contributed by atoms with van der Waals surface area (Å²) >= 11 is 0. The number of nitro groups is 1. The predicted molar refractivity (Wildman–Crippen MR) is 123 cm³/mol. The van der Waals surface area contributed by atoms with E-state index in [1.165, 1.54) is 24.1 Å². The van der Waals surface area contributed by atoms with Crippen molar-refractivity contribution < 1.29 is 24.0 Å². The average molecular weight is 451 g/mol. The van der Waals surface area contributed by atoms with E-state index < -0.39 is 11.0 Å². The first-order valence-corrected chi connectivity index (χ1v) is 10.4. The Labute approximate surface area is 191 Å². The van der Waals surface area contributed by atoms with Gasteiger partial charge in [0, 0.05) is 24.2 Å². The van der Waals surface area contributed by atoms with Crippen LogP contribution in [0.2, 0.25) is 0 Å². The number of nitrogens with one attached hydrogen (secondary N) is 1. The first kappa shape index (κ1) is 23.5. The highest BCUT2D eigenvalue weighted by Gasteiger charge is 2.32. The van der Waals surface area contributed by atoms with E-state index in [0.717, 1.165) is 5.56 Å². The third-order valence-corrected chi connectivity index (χ3v) is 4.96. The maximum atomic E-state index is 12.5. The van der Waals surface area contributed by atoms with Crippen LogP contribution in [0, 0.1) is 10.1 Å². The van der Waals surface area contributed by atoms with E-state index in [2.05, 4.69) is 11.9 Å². The first-order valence-electron chi connectivity index (χ1n) is 10.4. The lowest BCUT2D eigenvalue weighted by atomic mass is 10.0. The Morgan fingerprint density at radius 2 is 2.03 bits per heavy atom. The van der Waals surface area contributed by atoms with Crippen LogP contribution in [0.1, 0.15) is 30.0 Å². The van der Waals surface area contributed by atoms with Gasteiger partial charge in [-0.05, 0) is 42.2 Å². The molecular weight excluding hydrogens is 426 g/mol. The molecule has 1 aliphatic heterocycles. The third kappa shape index (κ3) is 5.38. The molecule has 1 aliphatic rings. The number of carbonyl (C=O) groups excluding carboxylic acids is 2. The molecule has 172 valence electrons. The minimum Gasteiger partial charge on any atom is -0.493 e. The molecule has 0 unspecified atom stereocenters. The number of non-ortho nitro benzene ring substituents is 1. The number of hydrogen-bond acceptors (Lipinski definition) is 6. The molecule has 0 radical (unpaired) electrons. The zero-order chi connectivity index (χ0) is 24.0. The number of rotatable bonds is 10. The highest BCUT2D eigenvalue weighted by atomic mass is 16.6. The molecule has 0 aliphatic carbocycles. The molecule has 1 saturated heterocycles. The van der Waals surface area contributed by atoms with E-state index in [9.17, 15) is 19.7 Å². The molecule has 0 bridgehead atoms. The van der Waals surface area contributed by atoms with E-state index in [1.807, 2.05) is 13.0 Å². The molecule has 3 rings (SSSR count). The van der Waals surface area contributed by atoms with Gasteiger partial charge in [0.1, 0.15) is 12.3 Å².